The van der Waals surface area contributed by atoms with Gasteiger partial charge in [-0.25, -0.2) is 0 Å². The molecule has 56 valence electrons. The third-order valence-electron chi connectivity index (χ3n) is 1.55. The average Bonchev–Trinajstić information content (AvgIpc) is 2.34. The monoisotopic (exact) mass is 273 g/mol. The summed E-state index contributed by atoms with van der Waals surface area (Å²) in [5.74, 6) is 0. The first-order valence-electron chi connectivity index (χ1n) is 3.19. The van der Waals surface area contributed by atoms with Crippen LogP contribution in [0.3, 0.4) is 0 Å². The Morgan fingerprint density at radius 3 is 2.91 bits per heavy atom. The summed E-state index contributed by atoms with van der Waals surface area (Å²) >= 11 is 6.89. The van der Waals surface area contributed by atoms with Gasteiger partial charge in [-0.1, -0.05) is 0 Å². The van der Waals surface area contributed by atoms with Crippen LogP contribution < -0.4 is 0 Å². The fourth-order valence-electron chi connectivity index (χ4n) is 1.07. The van der Waals surface area contributed by atoms with Gasteiger partial charge in [-0.2, -0.15) is 0 Å². The molecule has 0 N–H and O–H groups in total. The van der Waals surface area contributed by atoms with Crippen LogP contribution in [0.25, 0.3) is 5.52 Å². The second kappa shape index (κ2) is 2.64. The minimum absolute atomic E-state index is 1.08. The molecule has 2 heterocycles. The molecule has 0 amide bonds. The summed E-state index contributed by atoms with van der Waals surface area (Å²) in [4.78, 5) is 0. The number of rotatable bonds is 0. The number of aromatic nitrogens is 1. The minimum atomic E-state index is 1.08. The van der Waals surface area contributed by atoms with Crippen molar-refractivity contribution < 1.29 is 0 Å². The standard InChI is InChI=1S/C8H5Br2N/c9-6-4-7(10)8-2-1-3-11(8)5-6/h1-5H. The van der Waals surface area contributed by atoms with Crippen LogP contribution in [0.1, 0.15) is 0 Å². The van der Waals surface area contributed by atoms with Gasteiger partial charge in [0, 0.05) is 21.3 Å². The van der Waals surface area contributed by atoms with Gasteiger partial charge in [-0.15, -0.1) is 0 Å². The normalized spacial score (nSPS) is 10.7. The number of hydrogen-bond donors (Lipinski definition) is 0. The van der Waals surface area contributed by atoms with Crippen molar-refractivity contribution in [3.8, 4) is 0 Å². The minimum Gasteiger partial charge on any atom is -0.322 e. The number of halogens is 2. The zero-order valence-corrected chi connectivity index (χ0v) is 8.76. The fraction of sp³-hybridized carbons (Fsp3) is 0. The highest BCUT2D eigenvalue weighted by molar-refractivity contribution is 9.11. The molecule has 0 aliphatic rings. The Bertz CT molecular complexity index is 392. The number of hydrogen-bond acceptors (Lipinski definition) is 0. The van der Waals surface area contributed by atoms with Crippen LogP contribution in [0.4, 0.5) is 0 Å². The molecule has 0 unspecified atom stereocenters. The van der Waals surface area contributed by atoms with E-state index in [0.29, 0.717) is 0 Å². The van der Waals surface area contributed by atoms with Crippen molar-refractivity contribution in [2.75, 3.05) is 0 Å². The van der Waals surface area contributed by atoms with Gasteiger partial charge in [0.25, 0.3) is 0 Å². The van der Waals surface area contributed by atoms with Gasteiger partial charge in [0.05, 0.1) is 5.52 Å². The summed E-state index contributed by atoms with van der Waals surface area (Å²) in [6.07, 6.45) is 4.05. The molecule has 0 spiro atoms. The molecular formula is C8H5Br2N. The Morgan fingerprint density at radius 1 is 1.27 bits per heavy atom. The molecule has 2 rings (SSSR count). The third kappa shape index (κ3) is 1.23. The molecule has 2 aromatic rings. The van der Waals surface area contributed by atoms with Crippen molar-refractivity contribution in [3.05, 3.63) is 39.5 Å². The summed E-state index contributed by atoms with van der Waals surface area (Å²) in [5, 5.41) is 0. The van der Waals surface area contributed by atoms with E-state index in [4.69, 9.17) is 0 Å². The first kappa shape index (κ1) is 7.37. The average molecular weight is 275 g/mol. The first-order valence-corrected chi connectivity index (χ1v) is 4.78. The summed E-state index contributed by atoms with van der Waals surface area (Å²) in [6, 6.07) is 6.12. The summed E-state index contributed by atoms with van der Waals surface area (Å²) in [7, 11) is 0. The zero-order valence-electron chi connectivity index (χ0n) is 5.59. The van der Waals surface area contributed by atoms with E-state index in [0.717, 1.165) is 8.95 Å². The Balaban J connectivity index is 2.91. The zero-order chi connectivity index (χ0) is 7.84. The van der Waals surface area contributed by atoms with E-state index in [1.54, 1.807) is 0 Å². The van der Waals surface area contributed by atoms with Crippen molar-refractivity contribution in [2.24, 2.45) is 0 Å². The highest BCUT2D eigenvalue weighted by atomic mass is 79.9. The van der Waals surface area contributed by atoms with Crippen LogP contribution in [0.5, 0.6) is 0 Å². The first-order chi connectivity index (χ1) is 5.27. The van der Waals surface area contributed by atoms with Crippen molar-refractivity contribution in [1.82, 2.24) is 4.40 Å². The van der Waals surface area contributed by atoms with Crippen LogP contribution in [-0.4, -0.2) is 4.40 Å². The number of nitrogens with zero attached hydrogens (tertiary/aromatic N) is 1. The predicted octanol–water partition coefficient (Wildman–Crippen LogP) is 3.46. The van der Waals surface area contributed by atoms with E-state index in [-0.39, 0.29) is 0 Å². The fourth-order valence-corrected chi connectivity index (χ4v) is 2.41. The van der Waals surface area contributed by atoms with Gasteiger partial charge in [0.1, 0.15) is 0 Å². The maximum absolute atomic E-state index is 3.48. The lowest BCUT2D eigenvalue weighted by Gasteiger charge is -1.98. The number of pyridine rings is 1. The van der Waals surface area contributed by atoms with E-state index >= 15 is 0 Å². The third-order valence-corrected chi connectivity index (χ3v) is 2.62. The van der Waals surface area contributed by atoms with Crippen LogP contribution in [0, 0.1) is 0 Å². The smallest absolute Gasteiger partial charge is 0.0593 e. The largest absolute Gasteiger partial charge is 0.322 e. The Labute approximate surface area is 81.3 Å². The summed E-state index contributed by atoms with van der Waals surface area (Å²) < 4.78 is 4.25. The molecular weight excluding hydrogens is 270 g/mol. The molecule has 0 fully saturated rings. The molecule has 0 bridgehead atoms. The predicted molar refractivity (Wildman–Crippen MR) is 52.8 cm³/mol. The van der Waals surface area contributed by atoms with Crippen molar-refractivity contribution in [2.45, 2.75) is 0 Å². The highest BCUT2D eigenvalue weighted by Gasteiger charge is 1.97. The van der Waals surface area contributed by atoms with Crippen LogP contribution in [-0.2, 0) is 0 Å². The van der Waals surface area contributed by atoms with E-state index in [1.165, 1.54) is 5.52 Å². The summed E-state index contributed by atoms with van der Waals surface area (Å²) in [5.41, 5.74) is 1.19. The van der Waals surface area contributed by atoms with Gasteiger partial charge < -0.3 is 4.40 Å². The van der Waals surface area contributed by atoms with E-state index in [9.17, 15) is 0 Å². The second-order valence-electron chi connectivity index (χ2n) is 2.31. The number of fused-ring (bicyclic) bond motifs is 1. The van der Waals surface area contributed by atoms with Crippen LogP contribution in [0.15, 0.2) is 39.5 Å². The van der Waals surface area contributed by atoms with Crippen molar-refractivity contribution in [1.29, 1.82) is 0 Å². The molecule has 1 nitrogen and oxygen atoms in total. The maximum atomic E-state index is 3.48. The summed E-state index contributed by atoms with van der Waals surface area (Å²) in [6.45, 7) is 0. The van der Waals surface area contributed by atoms with E-state index < -0.39 is 0 Å². The molecule has 3 heteroatoms. The van der Waals surface area contributed by atoms with Crippen LogP contribution >= 0.6 is 31.9 Å². The van der Waals surface area contributed by atoms with Gasteiger partial charge in [0.15, 0.2) is 0 Å². The Kier molecular flexibility index (Phi) is 1.77. The van der Waals surface area contributed by atoms with Crippen LogP contribution in [0.2, 0.25) is 0 Å². The SMILES string of the molecule is Brc1cc(Br)c2cccn2c1. The Hall–Kier alpha value is -0.280. The second-order valence-corrected chi connectivity index (χ2v) is 4.08. The molecule has 0 aliphatic heterocycles. The lowest BCUT2D eigenvalue weighted by Crippen LogP contribution is -1.81. The van der Waals surface area contributed by atoms with E-state index in [1.807, 2.05) is 24.5 Å². The molecule has 11 heavy (non-hydrogen) atoms. The molecule has 0 aromatic carbocycles. The van der Waals surface area contributed by atoms with Gasteiger partial charge in [-0.3, -0.25) is 0 Å². The molecule has 0 saturated carbocycles. The topological polar surface area (TPSA) is 4.41 Å². The lowest BCUT2D eigenvalue weighted by atomic mass is 10.4. The van der Waals surface area contributed by atoms with Gasteiger partial charge in [-0.05, 0) is 50.1 Å². The van der Waals surface area contributed by atoms with Gasteiger partial charge >= 0.3 is 0 Å². The maximum Gasteiger partial charge on any atom is 0.0593 e. The Morgan fingerprint density at radius 2 is 2.09 bits per heavy atom. The molecule has 0 atom stereocenters. The molecule has 0 saturated heterocycles. The molecule has 0 radical (unpaired) electrons. The quantitative estimate of drug-likeness (QED) is 0.693. The van der Waals surface area contributed by atoms with Crippen molar-refractivity contribution >= 4 is 37.4 Å². The molecule has 0 aliphatic carbocycles. The van der Waals surface area contributed by atoms with Gasteiger partial charge in [0.2, 0.25) is 0 Å². The van der Waals surface area contributed by atoms with E-state index in [2.05, 4.69) is 42.3 Å². The van der Waals surface area contributed by atoms with Crippen molar-refractivity contribution in [3.63, 3.8) is 0 Å². The highest BCUT2D eigenvalue weighted by Crippen LogP contribution is 2.22. The lowest BCUT2D eigenvalue weighted by molar-refractivity contribution is 1.18. The molecule has 2 aromatic heterocycles.